The molecule has 1 aromatic carbocycles. The maximum atomic E-state index is 12.1. The number of nitrogens with one attached hydrogen (secondary N) is 2. The molecule has 0 fully saturated rings. The van der Waals surface area contributed by atoms with Gasteiger partial charge in [0, 0.05) is 18.1 Å². The van der Waals surface area contributed by atoms with Crippen LogP contribution in [-0.2, 0) is 0 Å². The average Bonchev–Trinajstić information content (AvgIpc) is 2.48. The molecule has 1 heterocycles. The molecule has 20 heavy (non-hydrogen) atoms. The molecule has 0 atom stereocenters. The third-order valence-electron chi connectivity index (χ3n) is 3.30. The van der Waals surface area contributed by atoms with Crippen LogP contribution < -0.4 is 15.4 Å². The van der Waals surface area contributed by atoms with Crippen molar-refractivity contribution in [2.45, 2.75) is 12.8 Å². The summed E-state index contributed by atoms with van der Waals surface area (Å²) < 4.78 is 5.18. The van der Waals surface area contributed by atoms with Crippen molar-refractivity contribution in [2.75, 3.05) is 26.7 Å². The van der Waals surface area contributed by atoms with E-state index in [1.54, 1.807) is 25.3 Å². The van der Waals surface area contributed by atoms with Crippen molar-refractivity contribution in [3.8, 4) is 5.75 Å². The Morgan fingerprint density at radius 3 is 3.05 bits per heavy atom. The molecule has 4 nitrogen and oxygen atoms in total. The molecule has 2 N–H and O–H groups in total. The molecule has 1 aromatic rings. The van der Waals surface area contributed by atoms with E-state index in [9.17, 15) is 4.79 Å². The smallest absolute Gasteiger partial charge is 0.255 e. The van der Waals surface area contributed by atoms with Crippen molar-refractivity contribution >= 4 is 17.5 Å². The number of amides is 1. The second-order valence-corrected chi connectivity index (χ2v) is 5.10. The number of carbonyl (C=O) groups is 1. The fraction of sp³-hybridized carbons (Fsp3) is 0.400. The molecule has 1 amide bonds. The van der Waals surface area contributed by atoms with Crippen LogP contribution in [0.3, 0.4) is 0 Å². The van der Waals surface area contributed by atoms with Crippen LogP contribution in [0.15, 0.2) is 29.8 Å². The fourth-order valence-corrected chi connectivity index (χ4v) is 2.36. The molecule has 0 unspecified atom stereocenters. The van der Waals surface area contributed by atoms with E-state index in [-0.39, 0.29) is 5.91 Å². The molecule has 0 saturated carbocycles. The summed E-state index contributed by atoms with van der Waals surface area (Å²) in [5.74, 6) is 0.381. The van der Waals surface area contributed by atoms with E-state index in [1.165, 1.54) is 5.57 Å². The Balaban J connectivity index is 1.91. The van der Waals surface area contributed by atoms with Crippen molar-refractivity contribution < 1.29 is 9.53 Å². The Hall–Kier alpha value is -1.52. The summed E-state index contributed by atoms with van der Waals surface area (Å²) in [5.41, 5.74) is 1.86. The molecule has 0 saturated heterocycles. The molecule has 1 aliphatic heterocycles. The predicted octanol–water partition coefficient (Wildman–Crippen LogP) is 2.39. The molecule has 2 rings (SSSR count). The predicted molar refractivity (Wildman–Crippen MR) is 80.5 cm³/mol. The Bertz CT molecular complexity index is 515. The number of rotatable bonds is 5. The van der Waals surface area contributed by atoms with Crippen molar-refractivity contribution in [3.05, 3.63) is 40.4 Å². The molecule has 5 heteroatoms. The van der Waals surface area contributed by atoms with Crippen LogP contribution in [0.4, 0.5) is 0 Å². The summed E-state index contributed by atoms with van der Waals surface area (Å²) in [6, 6.07) is 5.03. The van der Waals surface area contributed by atoms with Crippen molar-refractivity contribution in [3.63, 3.8) is 0 Å². The summed E-state index contributed by atoms with van der Waals surface area (Å²) in [4.78, 5) is 12.1. The van der Waals surface area contributed by atoms with Crippen LogP contribution in [-0.4, -0.2) is 32.7 Å². The number of carbonyl (C=O) groups excluding carboxylic acids is 1. The molecule has 0 bridgehead atoms. The van der Waals surface area contributed by atoms with Gasteiger partial charge < -0.3 is 15.4 Å². The topological polar surface area (TPSA) is 50.4 Å². The van der Waals surface area contributed by atoms with Gasteiger partial charge in [0.25, 0.3) is 5.91 Å². The van der Waals surface area contributed by atoms with Crippen molar-refractivity contribution in [2.24, 2.45) is 0 Å². The second-order valence-electron chi connectivity index (χ2n) is 4.67. The minimum atomic E-state index is -0.154. The lowest BCUT2D eigenvalue weighted by Crippen LogP contribution is -2.27. The number of benzene rings is 1. The minimum absolute atomic E-state index is 0.154. The Morgan fingerprint density at radius 2 is 2.35 bits per heavy atom. The highest BCUT2D eigenvalue weighted by atomic mass is 35.5. The number of hydrogen-bond acceptors (Lipinski definition) is 3. The number of halogens is 1. The van der Waals surface area contributed by atoms with E-state index in [1.807, 2.05) is 0 Å². The van der Waals surface area contributed by atoms with E-state index in [2.05, 4.69) is 16.7 Å². The van der Waals surface area contributed by atoms with Gasteiger partial charge in [-0.25, -0.2) is 0 Å². The first-order chi connectivity index (χ1) is 9.70. The highest BCUT2D eigenvalue weighted by Gasteiger charge is 2.12. The summed E-state index contributed by atoms with van der Waals surface area (Å²) in [6.07, 6.45) is 4.13. The summed E-state index contributed by atoms with van der Waals surface area (Å²) in [5, 5.41) is 6.70. The zero-order chi connectivity index (χ0) is 14.4. The lowest BCUT2D eigenvalue weighted by Gasteiger charge is -2.14. The third kappa shape index (κ3) is 3.99. The van der Waals surface area contributed by atoms with Gasteiger partial charge in [-0.3, -0.25) is 4.79 Å². The molecule has 0 aromatic heterocycles. The Kier molecular flexibility index (Phi) is 5.44. The molecule has 0 radical (unpaired) electrons. The van der Waals surface area contributed by atoms with Crippen LogP contribution in [0.1, 0.15) is 23.2 Å². The first kappa shape index (κ1) is 14.9. The Morgan fingerprint density at radius 1 is 1.50 bits per heavy atom. The van der Waals surface area contributed by atoms with Crippen LogP contribution in [0.5, 0.6) is 5.75 Å². The van der Waals surface area contributed by atoms with Gasteiger partial charge in [-0.15, -0.1) is 0 Å². The summed E-state index contributed by atoms with van der Waals surface area (Å²) in [6.45, 7) is 2.56. The first-order valence-electron chi connectivity index (χ1n) is 6.71. The molecule has 108 valence electrons. The van der Waals surface area contributed by atoms with Crippen LogP contribution >= 0.6 is 11.6 Å². The van der Waals surface area contributed by atoms with Gasteiger partial charge in [0.1, 0.15) is 5.75 Å². The maximum Gasteiger partial charge on any atom is 0.255 e. The number of hydrogen-bond donors (Lipinski definition) is 2. The van der Waals surface area contributed by atoms with E-state index in [0.29, 0.717) is 22.9 Å². The molecule has 1 aliphatic rings. The molecular formula is C15H19ClN2O2. The van der Waals surface area contributed by atoms with Gasteiger partial charge in [-0.05, 0) is 37.6 Å². The van der Waals surface area contributed by atoms with E-state index >= 15 is 0 Å². The monoisotopic (exact) mass is 294 g/mol. The lowest BCUT2D eigenvalue weighted by atomic mass is 10.1. The van der Waals surface area contributed by atoms with Crippen LogP contribution in [0.2, 0.25) is 5.02 Å². The van der Waals surface area contributed by atoms with Gasteiger partial charge in [0.2, 0.25) is 0 Å². The second kappa shape index (κ2) is 7.31. The average molecular weight is 295 g/mol. The fourth-order valence-electron chi connectivity index (χ4n) is 2.19. The Labute approximate surface area is 124 Å². The van der Waals surface area contributed by atoms with Crippen molar-refractivity contribution in [1.29, 1.82) is 0 Å². The molecule has 0 spiro atoms. The molecule has 0 aliphatic carbocycles. The van der Waals surface area contributed by atoms with Crippen LogP contribution in [0.25, 0.3) is 0 Å². The number of ether oxygens (including phenoxy) is 1. The van der Waals surface area contributed by atoms with Gasteiger partial charge >= 0.3 is 0 Å². The highest BCUT2D eigenvalue weighted by Crippen LogP contribution is 2.22. The minimum Gasteiger partial charge on any atom is -0.496 e. The summed E-state index contributed by atoms with van der Waals surface area (Å²) >= 11 is 5.92. The van der Waals surface area contributed by atoms with Gasteiger partial charge in [0.05, 0.1) is 12.7 Å². The maximum absolute atomic E-state index is 12.1. The van der Waals surface area contributed by atoms with Crippen LogP contribution in [0, 0.1) is 0 Å². The largest absolute Gasteiger partial charge is 0.496 e. The quantitative estimate of drug-likeness (QED) is 0.820. The van der Waals surface area contributed by atoms with Gasteiger partial charge in [0.15, 0.2) is 0 Å². The van der Waals surface area contributed by atoms with E-state index in [4.69, 9.17) is 16.3 Å². The standard InChI is InChI=1S/C15H19ClN2O2/c1-20-14-3-2-12(16)10-13(14)15(19)18-9-6-11-4-7-17-8-5-11/h2-4,10,17H,5-9H2,1H3,(H,18,19). The lowest BCUT2D eigenvalue weighted by molar-refractivity contribution is 0.0951. The van der Waals surface area contributed by atoms with Gasteiger partial charge in [-0.1, -0.05) is 23.3 Å². The zero-order valence-electron chi connectivity index (χ0n) is 11.5. The first-order valence-corrected chi connectivity index (χ1v) is 7.09. The van der Waals surface area contributed by atoms with Gasteiger partial charge in [-0.2, -0.15) is 0 Å². The normalized spacial score (nSPS) is 14.6. The highest BCUT2D eigenvalue weighted by molar-refractivity contribution is 6.31. The zero-order valence-corrected chi connectivity index (χ0v) is 12.3. The third-order valence-corrected chi connectivity index (χ3v) is 3.53. The molecular weight excluding hydrogens is 276 g/mol. The number of methoxy groups -OCH3 is 1. The summed E-state index contributed by atoms with van der Waals surface area (Å²) in [7, 11) is 1.54. The van der Waals surface area contributed by atoms with E-state index in [0.717, 1.165) is 25.9 Å². The SMILES string of the molecule is COc1ccc(Cl)cc1C(=O)NCCC1=CCNCC1. The van der Waals surface area contributed by atoms with Crippen molar-refractivity contribution in [1.82, 2.24) is 10.6 Å². The van der Waals surface area contributed by atoms with E-state index < -0.39 is 0 Å².